The number of allylic oxidation sites excluding steroid dienone is 2. The standard InChI is InChI=1S/C19H34OSi/c1-18(2,3)21(6,7)20-17-9-8-14-15(17)10-13-11-19(4,5)12-16(13)14/h14-15,17H,8-12H2,1-7H3/t14-,15-,17-/m0/s1. The van der Waals surface area contributed by atoms with E-state index >= 15 is 0 Å². The first kappa shape index (κ1) is 15.8. The van der Waals surface area contributed by atoms with Crippen LogP contribution in [0.25, 0.3) is 0 Å². The van der Waals surface area contributed by atoms with Gasteiger partial charge in [0.15, 0.2) is 8.32 Å². The predicted octanol–water partition coefficient (Wildman–Crippen LogP) is 5.92. The molecule has 120 valence electrons. The van der Waals surface area contributed by atoms with Crippen LogP contribution >= 0.6 is 0 Å². The van der Waals surface area contributed by atoms with Gasteiger partial charge >= 0.3 is 0 Å². The maximum atomic E-state index is 6.81. The molecular weight excluding hydrogens is 272 g/mol. The van der Waals surface area contributed by atoms with E-state index in [0.717, 1.165) is 11.8 Å². The summed E-state index contributed by atoms with van der Waals surface area (Å²) in [4.78, 5) is 0. The van der Waals surface area contributed by atoms with Gasteiger partial charge in [-0.2, -0.15) is 0 Å². The van der Waals surface area contributed by atoms with Crippen molar-refractivity contribution in [3.05, 3.63) is 11.1 Å². The predicted molar refractivity (Wildman–Crippen MR) is 92.9 cm³/mol. The molecule has 0 heterocycles. The van der Waals surface area contributed by atoms with Crippen molar-refractivity contribution in [3.8, 4) is 0 Å². The SMILES string of the molecule is CC1(C)CC2=C(C1)[C@H]1CC[C@H](O[Si](C)(C)C(C)(C)C)[C@H]1C2. The summed E-state index contributed by atoms with van der Waals surface area (Å²) in [5.41, 5.74) is 4.21. The number of hydrogen-bond acceptors (Lipinski definition) is 1. The van der Waals surface area contributed by atoms with E-state index in [1.165, 1.54) is 32.1 Å². The third-order valence-corrected chi connectivity index (χ3v) is 11.3. The molecule has 1 saturated carbocycles. The Morgan fingerprint density at radius 1 is 1.10 bits per heavy atom. The van der Waals surface area contributed by atoms with Crippen molar-refractivity contribution in [2.24, 2.45) is 17.3 Å². The van der Waals surface area contributed by atoms with Crippen LogP contribution in [0.2, 0.25) is 18.1 Å². The van der Waals surface area contributed by atoms with Gasteiger partial charge in [-0.15, -0.1) is 0 Å². The monoisotopic (exact) mass is 306 g/mol. The second kappa shape index (κ2) is 4.71. The lowest BCUT2D eigenvalue weighted by atomic mass is 9.82. The fourth-order valence-corrected chi connectivity index (χ4v) is 6.12. The van der Waals surface area contributed by atoms with Gasteiger partial charge in [-0.3, -0.25) is 0 Å². The van der Waals surface area contributed by atoms with Crippen LogP contribution in [0.15, 0.2) is 11.1 Å². The molecule has 0 aliphatic heterocycles. The molecule has 21 heavy (non-hydrogen) atoms. The highest BCUT2D eigenvalue weighted by atomic mass is 28.4. The second-order valence-corrected chi connectivity index (χ2v) is 14.9. The van der Waals surface area contributed by atoms with Crippen LogP contribution in [0.3, 0.4) is 0 Å². The molecule has 3 atom stereocenters. The molecule has 0 radical (unpaired) electrons. The number of hydrogen-bond donors (Lipinski definition) is 0. The van der Waals surface area contributed by atoms with Crippen LogP contribution in [0.5, 0.6) is 0 Å². The van der Waals surface area contributed by atoms with Crippen molar-refractivity contribution >= 4 is 8.32 Å². The van der Waals surface area contributed by atoms with Crippen molar-refractivity contribution in [1.82, 2.24) is 0 Å². The van der Waals surface area contributed by atoms with Gasteiger partial charge in [-0.25, -0.2) is 0 Å². The van der Waals surface area contributed by atoms with Crippen LogP contribution in [0, 0.1) is 17.3 Å². The highest BCUT2D eigenvalue weighted by Crippen LogP contribution is 2.58. The average Bonchev–Trinajstić information content (AvgIpc) is 2.87. The second-order valence-electron chi connectivity index (χ2n) is 10.1. The van der Waals surface area contributed by atoms with E-state index in [4.69, 9.17) is 4.43 Å². The molecule has 3 aliphatic rings. The van der Waals surface area contributed by atoms with Gasteiger partial charge in [-0.05, 0) is 67.5 Å². The number of fused-ring (bicyclic) bond motifs is 2. The van der Waals surface area contributed by atoms with Crippen LogP contribution < -0.4 is 0 Å². The molecule has 0 unspecified atom stereocenters. The zero-order chi connectivity index (χ0) is 15.6. The highest BCUT2D eigenvalue weighted by molar-refractivity contribution is 6.74. The van der Waals surface area contributed by atoms with E-state index in [1.807, 2.05) is 11.1 Å². The van der Waals surface area contributed by atoms with Gasteiger partial charge < -0.3 is 4.43 Å². The summed E-state index contributed by atoms with van der Waals surface area (Å²) < 4.78 is 6.81. The van der Waals surface area contributed by atoms with E-state index < -0.39 is 8.32 Å². The Balaban J connectivity index is 1.70. The summed E-state index contributed by atoms with van der Waals surface area (Å²) in [7, 11) is -1.61. The third kappa shape index (κ3) is 2.67. The normalized spacial score (nSPS) is 35.3. The fourth-order valence-electron chi connectivity index (χ4n) is 4.71. The Morgan fingerprint density at radius 3 is 2.38 bits per heavy atom. The Hall–Kier alpha value is -0.0831. The van der Waals surface area contributed by atoms with Crippen molar-refractivity contribution in [2.75, 3.05) is 0 Å². The van der Waals surface area contributed by atoms with E-state index in [2.05, 4.69) is 47.7 Å². The van der Waals surface area contributed by atoms with Crippen molar-refractivity contribution in [1.29, 1.82) is 0 Å². The third-order valence-electron chi connectivity index (χ3n) is 6.75. The molecule has 0 aromatic rings. The van der Waals surface area contributed by atoms with E-state index in [9.17, 15) is 0 Å². The van der Waals surface area contributed by atoms with Gasteiger partial charge in [0.25, 0.3) is 0 Å². The highest BCUT2D eigenvalue weighted by Gasteiger charge is 2.50. The summed E-state index contributed by atoms with van der Waals surface area (Å²) in [6.07, 6.45) is 7.30. The lowest BCUT2D eigenvalue weighted by molar-refractivity contribution is 0.132. The van der Waals surface area contributed by atoms with Crippen molar-refractivity contribution in [3.63, 3.8) is 0 Å². The average molecular weight is 307 g/mol. The molecule has 0 aromatic carbocycles. The lowest BCUT2D eigenvalue weighted by Gasteiger charge is -2.40. The molecule has 0 spiro atoms. The Kier molecular flexibility index (Phi) is 3.54. The first-order chi connectivity index (χ1) is 9.50. The largest absolute Gasteiger partial charge is 0.414 e. The molecule has 3 rings (SSSR count). The van der Waals surface area contributed by atoms with E-state index in [1.54, 1.807) is 0 Å². The molecule has 2 heteroatoms. The van der Waals surface area contributed by atoms with Gasteiger partial charge in [0.1, 0.15) is 0 Å². The molecule has 1 fully saturated rings. The molecule has 1 nitrogen and oxygen atoms in total. The molecule has 0 N–H and O–H groups in total. The Labute approximate surface area is 132 Å². The minimum atomic E-state index is -1.61. The topological polar surface area (TPSA) is 9.23 Å². The summed E-state index contributed by atoms with van der Waals surface area (Å²) in [5, 5.41) is 0.335. The quantitative estimate of drug-likeness (QED) is 0.454. The van der Waals surface area contributed by atoms with Crippen LogP contribution in [-0.2, 0) is 4.43 Å². The first-order valence-corrected chi connectivity index (χ1v) is 11.8. The van der Waals surface area contributed by atoms with Gasteiger partial charge in [0.2, 0.25) is 0 Å². The Bertz CT molecular complexity index is 466. The van der Waals surface area contributed by atoms with Crippen LogP contribution in [0.4, 0.5) is 0 Å². The van der Waals surface area contributed by atoms with E-state index in [0.29, 0.717) is 16.6 Å². The van der Waals surface area contributed by atoms with Gasteiger partial charge in [0.05, 0.1) is 0 Å². The smallest absolute Gasteiger partial charge is 0.192 e. The van der Waals surface area contributed by atoms with E-state index in [-0.39, 0.29) is 0 Å². The van der Waals surface area contributed by atoms with Crippen molar-refractivity contribution < 1.29 is 4.43 Å². The maximum Gasteiger partial charge on any atom is 0.192 e. The first-order valence-electron chi connectivity index (χ1n) is 8.89. The molecule has 0 bridgehead atoms. The van der Waals surface area contributed by atoms with Crippen LogP contribution in [-0.4, -0.2) is 14.4 Å². The maximum absolute atomic E-state index is 6.81. The molecule has 0 amide bonds. The fraction of sp³-hybridized carbons (Fsp3) is 0.895. The minimum Gasteiger partial charge on any atom is -0.414 e. The molecule has 3 aliphatic carbocycles. The zero-order valence-electron chi connectivity index (χ0n) is 15.2. The summed E-state index contributed by atoms with van der Waals surface area (Å²) in [6, 6.07) is 0. The zero-order valence-corrected chi connectivity index (χ0v) is 16.2. The van der Waals surface area contributed by atoms with Gasteiger partial charge in [0, 0.05) is 6.10 Å². The number of rotatable bonds is 2. The minimum absolute atomic E-state index is 0.335. The molecule has 0 saturated heterocycles. The van der Waals surface area contributed by atoms with Gasteiger partial charge in [-0.1, -0.05) is 45.8 Å². The van der Waals surface area contributed by atoms with Crippen molar-refractivity contribution in [2.45, 2.75) is 91.0 Å². The summed E-state index contributed by atoms with van der Waals surface area (Å²) in [5.74, 6) is 1.69. The molecular formula is C19H34OSi. The van der Waals surface area contributed by atoms with Crippen LogP contribution in [0.1, 0.15) is 66.7 Å². The summed E-state index contributed by atoms with van der Waals surface area (Å²) >= 11 is 0. The summed E-state index contributed by atoms with van der Waals surface area (Å²) in [6.45, 7) is 16.8. The lowest BCUT2D eigenvalue weighted by Crippen LogP contribution is -2.45. The molecule has 0 aromatic heterocycles. The Morgan fingerprint density at radius 2 is 1.76 bits per heavy atom.